The number of aryl methyl sites for hydroxylation is 3. The molecule has 2 aromatic heterocycles. The van der Waals surface area contributed by atoms with Crippen molar-refractivity contribution in [2.45, 2.75) is 20.8 Å². The minimum Gasteiger partial charge on any atom is -0.466 e. The molecule has 0 aliphatic carbocycles. The van der Waals surface area contributed by atoms with Crippen LogP contribution in [-0.4, -0.2) is 10.9 Å². The Morgan fingerprint density at radius 1 is 1.14 bits per heavy atom. The Balaban J connectivity index is 1.96. The number of anilines is 1. The normalized spacial score (nSPS) is 10.9. The number of hydrogen-bond acceptors (Lipinski definition) is 3. The Morgan fingerprint density at radius 3 is 2.59 bits per heavy atom. The fraction of sp³-hybridized carbons (Fsp3) is 0.176. The van der Waals surface area contributed by atoms with Gasteiger partial charge < -0.3 is 14.7 Å². The third-order valence-corrected chi connectivity index (χ3v) is 3.59. The Labute approximate surface area is 127 Å². The molecule has 0 aliphatic rings. The van der Waals surface area contributed by atoms with E-state index in [2.05, 4.69) is 10.3 Å². The van der Waals surface area contributed by atoms with Gasteiger partial charge in [0.25, 0.3) is 5.91 Å². The van der Waals surface area contributed by atoms with E-state index in [1.54, 1.807) is 32.0 Å². The van der Waals surface area contributed by atoms with Gasteiger partial charge in [-0.1, -0.05) is 6.07 Å². The molecule has 3 rings (SSSR count). The van der Waals surface area contributed by atoms with E-state index in [-0.39, 0.29) is 11.5 Å². The summed E-state index contributed by atoms with van der Waals surface area (Å²) >= 11 is 0. The second-order valence-corrected chi connectivity index (χ2v) is 5.36. The number of rotatable bonds is 2. The van der Waals surface area contributed by atoms with Crippen LogP contribution in [0, 0.1) is 20.8 Å². The minimum absolute atomic E-state index is 0.158. The van der Waals surface area contributed by atoms with Crippen LogP contribution in [-0.2, 0) is 0 Å². The molecular weight excluding hydrogens is 280 g/mol. The van der Waals surface area contributed by atoms with Crippen molar-refractivity contribution in [1.82, 2.24) is 4.98 Å². The second-order valence-electron chi connectivity index (χ2n) is 5.36. The van der Waals surface area contributed by atoms with E-state index in [9.17, 15) is 9.59 Å². The fourth-order valence-corrected chi connectivity index (χ4v) is 2.57. The zero-order valence-electron chi connectivity index (χ0n) is 12.6. The monoisotopic (exact) mass is 296 g/mol. The largest absolute Gasteiger partial charge is 0.466 e. The van der Waals surface area contributed by atoms with Gasteiger partial charge in [0, 0.05) is 17.1 Å². The van der Waals surface area contributed by atoms with Gasteiger partial charge in [0.15, 0.2) is 0 Å². The van der Waals surface area contributed by atoms with Gasteiger partial charge >= 0.3 is 0 Å². The van der Waals surface area contributed by atoms with E-state index < -0.39 is 0 Å². The topological polar surface area (TPSA) is 75.1 Å². The summed E-state index contributed by atoms with van der Waals surface area (Å²) in [6, 6.07) is 8.71. The highest BCUT2D eigenvalue weighted by molar-refractivity contribution is 6.05. The first-order chi connectivity index (χ1) is 10.4. The van der Waals surface area contributed by atoms with Gasteiger partial charge in [0.2, 0.25) is 5.56 Å². The van der Waals surface area contributed by atoms with Crippen LogP contribution in [0.3, 0.4) is 0 Å². The molecule has 22 heavy (non-hydrogen) atoms. The highest BCUT2D eigenvalue weighted by Gasteiger charge is 2.14. The van der Waals surface area contributed by atoms with Crippen molar-refractivity contribution in [3.63, 3.8) is 0 Å². The SMILES string of the molecule is Cc1cc(C(=O)Nc2ccc3c(C)cc(=O)[nH]c3c2)c(C)o1. The number of aromatic amines is 1. The lowest BCUT2D eigenvalue weighted by atomic mass is 10.1. The summed E-state index contributed by atoms with van der Waals surface area (Å²) in [6.07, 6.45) is 0. The van der Waals surface area contributed by atoms with Crippen LogP contribution in [0.5, 0.6) is 0 Å². The number of amides is 1. The predicted molar refractivity (Wildman–Crippen MR) is 85.4 cm³/mol. The maximum absolute atomic E-state index is 12.3. The lowest BCUT2D eigenvalue weighted by molar-refractivity contribution is 0.102. The molecule has 112 valence electrons. The van der Waals surface area contributed by atoms with Crippen molar-refractivity contribution in [2.24, 2.45) is 0 Å². The molecule has 0 saturated heterocycles. The molecule has 0 spiro atoms. The van der Waals surface area contributed by atoms with Crippen LogP contribution in [0.15, 0.2) is 39.5 Å². The number of aromatic nitrogens is 1. The van der Waals surface area contributed by atoms with Crippen molar-refractivity contribution in [1.29, 1.82) is 0 Å². The zero-order chi connectivity index (χ0) is 15.9. The number of fused-ring (bicyclic) bond motifs is 1. The molecule has 5 nitrogen and oxygen atoms in total. The summed E-state index contributed by atoms with van der Waals surface area (Å²) in [6.45, 7) is 5.43. The molecule has 0 radical (unpaired) electrons. The van der Waals surface area contributed by atoms with E-state index in [1.807, 2.05) is 19.1 Å². The average molecular weight is 296 g/mol. The number of benzene rings is 1. The van der Waals surface area contributed by atoms with Crippen LogP contribution in [0.1, 0.15) is 27.4 Å². The van der Waals surface area contributed by atoms with Gasteiger partial charge in [0.05, 0.1) is 11.1 Å². The molecule has 2 N–H and O–H groups in total. The Kier molecular flexibility index (Phi) is 3.33. The molecule has 1 amide bonds. The Morgan fingerprint density at radius 2 is 1.91 bits per heavy atom. The molecule has 0 bridgehead atoms. The lowest BCUT2D eigenvalue weighted by Gasteiger charge is -2.07. The van der Waals surface area contributed by atoms with Crippen molar-refractivity contribution >= 4 is 22.5 Å². The van der Waals surface area contributed by atoms with Crippen molar-refractivity contribution in [2.75, 3.05) is 5.32 Å². The molecule has 0 fully saturated rings. The summed E-state index contributed by atoms with van der Waals surface area (Å²) in [5.74, 6) is 1.05. The first-order valence-corrected chi connectivity index (χ1v) is 6.96. The summed E-state index contributed by atoms with van der Waals surface area (Å²) in [4.78, 5) is 26.6. The number of H-pyrrole nitrogens is 1. The third-order valence-electron chi connectivity index (χ3n) is 3.59. The molecule has 0 atom stereocenters. The third kappa shape index (κ3) is 2.53. The Bertz CT molecular complexity index is 935. The maximum Gasteiger partial charge on any atom is 0.259 e. The van der Waals surface area contributed by atoms with Crippen molar-refractivity contribution in [3.8, 4) is 0 Å². The quantitative estimate of drug-likeness (QED) is 0.762. The highest BCUT2D eigenvalue weighted by atomic mass is 16.3. The van der Waals surface area contributed by atoms with E-state index in [0.29, 0.717) is 28.3 Å². The summed E-state index contributed by atoms with van der Waals surface area (Å²) < 4.78 is 5.37. The zero-order valence-corrected chi connectivity index (χ0v) is 12.6. The van der Waals surface area contributed by atoms with E-state index in [4.69, 9.17) is 4.42 Å². The first-order valence-electron chi connectivity index (χ1n) is 6.96. The number of furan rings is 1. The smallest absolute Gasteiger partial charge is 0.259 e. The molecule has 0 unspecified atom stereocenters. The van der Waals surface area contributed by atoms with E-state index in [0.717, 1.165) is 10.9 Å². The summed E-state index contributed by atoms with van der Waals surface area (Å²) in [5.41, 5.74) is 2.57. The van der Waals surface area contributed by atoms with Crippen LogP contribution in [0.25, 0.3) is 10.9 Å². The standard InChI is InChI=1S/C17H16N2O3/c1-9-6-16(20)19-15-8-12(4-5-13(9)15)18-17(21)14-7-10(2)22-11(14)3/h4-8H,1-3H3,(H,18,21)(H,19,20). The number of hydrogen-bond donors (Lipinski definition) is 2. The molecule has 0 saturated carbocycles. The van der Waals surface area contributed by atoms with Gasteiger partial charge in [-0.15, -0.1) is 0 Å². The minimum atomic E-state index is -0.233. The summed E-state index contributed by atoms with van der Waals surface area (Å²) in [7, 11) is 0. The molecular formula is C17H16N2O3. The lowest BCUT2D eigenvalue weighted by Crippen LogP contribution is -2.12. The van der Waals surface area contributed by atoms with Gasteiger partial charge in [0.1, 0.15) is 11.5 Å². The van der Waals surface area contributed by atoms with Gasteiger partial charge in [-0.2, -0.15) is 0 Å². The first kappa shape index (κ1) is 14.1. The van der Waals surface area contributed by atoms with Crippen LogP contribution in [0.2, 0.25) is 0 Å². The fourth-order valence-electron chi connectivity index (χ4n) is 2.57. The number of carbonyl (C=O) groups is 1. The van der Waals surface area contributed by atoms with Crippen molar-refractivity contribution in [3.05, 3.63) is 63.3 Å². The maximum atomic E-state index is 12.3. The molecule has 2 heterocycles. The predicted octanol–water partition coefficient (Wildman–Crippen LogP) is 3.30. The molecule has 3 aromatic rings. The van der Waals surface area contributed by atoms with Gasteiger partial charge in [-0.3, -0.25) is 9.59 Å². The van der Waals surface area contributed by atoms with Crippen molar-refractivity contribution < 1.29 is 9.21 Å². The summed E-state index contributed by atoms with van der Waals surface area (Å²) in [5, 5.41) is 3.77. The Hall–Kier alpha value is -2.82. The number of nitrogens with one attached hydrogen (secondary N) is 2. The number of carbonyl (C=O) groups excluding carboxylic acids is 1. The van der Waals surface area contributed by atoms with Crippen LogP contribution < -0.4 is 10.9 Å². The second kappa shape index (κ2) is 5.18. The molecule has 0 aliphatic heterocycles. The highest BCUT2D eigenvalue weighted by Crippen LogP contribution is 2.21. The van der Waals surface area contributed by atoms with E-state index >= 15 is 0 Å². The average Bonchev–Trinajstić information content (AvgIpc) is 2.77. The molecule has 1 aromatic carbocycles. The van der Waals surface area contributed by atoms with Gasteiger partial charge in [-0.25, -0.2) is 0 Å². The van der Waals surface area contributed by atoms with Crippen LogP contribution >= 0.6 is 0 Å². The van der Waals surface area contributed by atoms with E-state index in [1.165, 1.54) is 0 Å². The number of pyridine rings is 1. The van der Waals surface area contributed by atoms with Gasteiger partial charge in [-0.05, 0) is 44.5 Å². The molecule has 5 heteroatoms. The van der Waals surface area contributed by atoms with Crippen LogP contribution in [0.4, 0.5) is 5.69 Å².